The van der Waals surface area contributed by atoms with Gasteiger partial charge in [0.15, 0.2) is 0 Å². The Morgan fingerprint density at radius 3 is 2.34 bits per heavy atom. The number of hydrogen-bond acceptors (Lipinski definition) is 4. The van der Waals surface area contributed by atoms with Gasteiger partial charge >= 0.3 is 0 Å². The smallest absolute Gasteiger partial charge is 0.270 e. The molecule has 29 heavy (non-hydrogen) atoms. The van der Waals surface area contributed by atoms with Crippen molar-refractivity contribution in [3.8, 4) is 0 Å². The third kappa shape index (κ3) is 3.33. The Hall–Kier alpha value is -2.35. The number of carbonyl (C=O) groups is 2. The molecule has 1 atom stereocenters. The summed E-state index contributed by atoms with van der Waals surface area (Å²) in [5.41, 5.74) is 1.44. The Morgan fingerprint density at radius 1 is 1.00 bits per heavy atom. The Labute approximate surface area is 170 Å². The number of aromatic amines is 1. The topological polar surface area (TPSA) is 90.6 Å². The number of para-hydroxylation sites is 1. The van der Waals surface area contributed by atoms with Crippen molar-refractivity contribution >= 4 is 32.6 Å². The summed E-state index contributed by atoms with van der Waals surface area (Å²) in [6, 6.07) is 9.68. The van der Waals surface area contributed by atoms with Crippen molar-refractivity contribution in [3.63, 3.8) is 0 Å². The van der Waals surface area contributed by atoms with Gasteiger partial charge in [0.1, 0.15) is 15.5 Å². The lowest BCUT2D eigenvalue weighted by Gasteiger charge is -2.35. The first-order chi connectivity index (χ1) is 13.9. The van der Waals surface area contributed by atoms with E-state index in [-0.39, 0.29) is 34.7 Å². The van der Waals surface area contributed by atoms with Crippen LogP contribution >= 0.6 is 0 Å². The molecule has 0 unspecified atom stereocenters. The summed E-state index contributed by atoms with van der Waals surface area (Å²) < 4.78 is 23.4. The molecule has 7 nitrogen and oxygen atoms in total. The number of carbonyl (C=O) groups excluding carboxylic acids is 2. The van der Waals surface area contributed by atoms with Crippen molar-refractivity contribution in [1.82, 2.24) is 14.8 Å². The quantitative estimate of drug-likeness (QED) is 0.808. The van der Waals surface area contributed by atoms with Crippen LogP contribution in [0.25, 0.3) is 10.9 Å². The highest BCUT2D eigenvalue weighted by Gasteiger charge is 2.60. The first-order valence-corrected chi connectivity index (χ1v) is 12.1. The molecule has 2 aromatic rings. The van der Waals surface area contributed by atoms with E-state index in [4.69, 9.17) is 0 Å². The summed E-state index contributed by atoms with van der Waals surface area (Å²) in [7, 11) is -2.91. The van der Waals surface area contributed by atoms with E-state index in [1.807, 2.05) is 35.2 Å². The Kier molecular flexibility index (Phi) is 4.24. The van der Waals surface area contributed by atoms with Crippen LogP contribution < -0.4 is 0 Å². The van der Waals surface area contributed by atoms with Gasteiger partial charge in [0.05, 0.1) is 11.5 Å². The Bertz CT molecular complexity index is 1040. The first-order valence-electron chi connectivity index (χ1n) is 10.2. The van der Waals surface area contributed by atoms with Gasteiger partial charge in [-0.25, -0.2) is 8.42 Å². The number of piperazine rings is 1. The van der Waals surface area contributed by atoms with Gasteiger partial charge in [-0.15, -0.1) is 0 Å². The normalized spacial score (nSPS) is 25.3. The second-order valence-corrected chi connectivity index (χ2v) is 11.0. The van der Waals surface area contributed by atoms with Crippen molar-refractivity contribution in [2.45, 2.75) is 19.3 Å². The molecule has 2 saturated heterocycles. The molecule has 3 aliphatic rings. The zero-order chi connectivity index (χ0) is 20.2. The molecule has 1 N–H and O–H groups in total. The first kappa shape index (κ1) is 18.7. The zero-order valence-electron chi connectivity index (χ0n) is 16.3. The molecule has 1 aromatic carbocycles. The van der Waals surface area contributed by atoms with Crippen LogP contribution in [0.4, 0.5) is 0 Å². The SMILES string of the molecule is O=C(c1cc2ccccc2[nH]1)N1CCN(C(=O)[C@H]2CC23CCS(=O)(=O)CC3)CC1. The van der Waals surface area contributed by atoms with Crippen molar-refractivity contribution in [3.05, 3.63) is 36.0 Å². The molecule has 2 aliphatic heterocycles. The summed E-state index contributed by atoms with van der Waals surface area (Å²) in [6.45, 7) is 2.12. The fraction of sp³-hybridized carbons (Fsp3) is 0.524. The lowest BCUT2D eigenvalue weighted by Crippen LogP contribution is -2.51. The number of H-pyrrole nitrogens is 1. The molecule has 3 fully saturated rings. The molecule has 154 valence electrons. The van der Waals surface area contributed by atoms with Crippen molar-refractivity contribution < 1.29 is 18.0 Å². The molecule has 8 heteroatoms. The van der Waals surface area contributed by atoms with E-state index < -0.39 is 9.84 Å². The molecule has 0 bridgehead atoms. The number of amides is 2. The van der Waals surface area contributed by atoms with E-state index >= 15 is 0 Å². The summed E-state index contributed by atoms with van der Waals surface area (Å²) >= 11 is 0. The van der Waals surface area contributed by atoms with E-state index in [2.05, 4.69) is 4.98 Å². The fourth-order valence-corrected chi connectivity index (χ4v) is 6.54. The number of fused-ring (bicyclic) bond motifs is 1. The van der Waals surface area contributed by atoms with Crippen LogP contribution in [0.3, 0.4) is 0 Å². The Balaban J connectivity index is 1.19. The van der Waals surface area contributed by atoms with E-state index in [1.54, 1.807) is 4.90 Å². The molecule has 5 rings (SSSR count). The number of nitrogens with zero attached hydrogens (tertiary/aromatic N) is 2. The van der Waals surface area contributed by atoms with Crippen LogP contribution in [-0.4, -0.2) is 72.7 Å². The van der Waals surface area contributed by atoms with Gasteiger partial charge < -0.3 is 14.8 Å². The maximum absolute atomic E-state index is 12.9. The van der Waals surface area contributed by atoms with Crippen LogP contribution in [0, 0.1) is 11.3 Å². The second-order valence-electron chi connectivity index (χ2n) is 8.66. The minimum absolute atomic E-state index is 0.0334. The van der Waals surface area contributed by atoms with Crippen molar-refractivity contribution in [1.29, 1.82) is 0 Å². The minimum atomic E-state index is -2.91. The third-order valence-electron chi connectivity index (χ3n) is 6.95. The summed E-state index contributed by atoms with van der Waals surface area (Å²) in [5, 5.41) is 1.01. The van der Waals surface area contributed by atoms with Gasteiger partial charge in [-0.1, -0.05) is 18.2 Å². The van der Waals surface area contributed by atoms with E-state index in [9.17, 15) is 18.0 Å². The van der Waals surface area contributed by atoms with Crippen LogP contribution in [0.1, 0.15) is 29.8 Å². The molecule has 0 radical (unpaired) electrons. The van der Waals surface area contributed by atoms with Gasteiger partial charge in [0.2, 0.25) is 5.91 Å². The number of nitrogens with one attached hydrogen (secondary N) is 1. The van der Waals surface area contributed by atoms with E-state index in [1.165, 1.54) is 0 Å². The number of hydrogen-bond donors (Lipinski definition) is 1. The van der Waals surface area contributed by atoms with Crippen molar-refractivity contribution in [2.75, 3.05) is 37.7 Å². The standard InChI is InChI=1S/C21H25N3O4S/c25-19(16-14-21(16)5-11-29(27,28)12-6-21)23-7-9-24(10-8-23)20(26)18-13-15-3-1-2-4-17(15)22-18/h1-4,13,16,22H,5-12,14H2/t16-/m1/s1. The second kappa shape index (κ2) is 6.58. The number of sulfone groups is 1. The Morgan fingerprint density at radius 2 is 1.66 bits per heavy atom. The molecule has 3 heterocycles. The highest BCUT2D eigenvalue weighted by atomic mass is 32.2. The van der Waals surface area contributed by atoms with Crippen molar-refractivity contribution in [2.24, 2.45) is 11.3 Å². The highest BCUT2D eigenvalue weighted by molar-refractivity contribution is 7.91. The lowest BCUT2D eigenvalue weighted by molar-refractivity contribution is -0.135. The number of aromatic nitrogens is 1. The molecule has 1 aliphatic carbocycles. The molecular formula is C21H25N3O4S. The van der Waals surface area contributed by atoms with Crippen LogP contribution in [0.15, 0.2) is 30.3 Å². The van der Waals surface area contributed by atoms with Gasteiger partial charge in [0, 0.05) is 43.0 Å². The lowest BCUT2D eigenvalue weighted by atomic mass is 9.95. The van der Waals surface area contributed by atoms with Gasteiger partial charge in [-0.2, -0.15) is 0 Å². The zero-order valence-corrected chi connectivity index (χ0v) is 17.1. The van der Waals surface area contributed by atoms with Gasteiger partial charge in [-0.3, -0.25) is 9.59 Å². The molecule has 2 amide bonds. The molecule has 1 aromatic heterocycles. The largest absolute Gasteiger partial charge is 0.351 e. The molecule has 1 spiro atoms. The van der Waals surface area contributed by atoms with Crippen LogP contribution in [0.5, 0.6) is 0 Å². The molecular weight excluding hydrogens is 390 g/mol. The fourth-order valence-electron chi connectivity index (χ4n) is 4.90. The van der Waals surface area contributed by atoms with Gasteiger partial charge in [0.25, 0.3) is 5.91 Å². The average Bonchev–Trinajstić information content (AvgIpc) is 3.27. The average molecular weight is 416 g/mol. The summed E-state index contributed by atoms with van der Waals surface area (Å²) in [5.74, 6) is 0.497. The summed E-state index contributed by atoms with van der Waals surface area (Å²) in [6.07, 6.45) is 2.05. The molecule has 1 saturated carbocycles. The monoisotopic (exact) mass is 415 g/mol. The highest BCUT2D eigenvalue weighted by Crippen LogP contribution is 2.60. The number of rotatable bonds is 2. The third-order valence-corrected chi connectivity index (χ3v) is 8.60. The predicted molar refractivity (Wildman–Crippen MR) is 109 cm³/mol. The number of benzene rings is 1. The maximum atomic E-state index is 12.9. The van der Waals surface area contributed by atoms with Gasteiger partial charge in [-0.05, 0) is 36.8 Å². The summed E-state index contributed by atoms with van der Waals surface area (Å²) in [4.78, 5) is 32.6. The predicted octanol–water partition coefficient (Wildman–Crippen LogP) is 1.67. The van der Waals surface area contributed by atoms with E-state index in [0.29, 0.717) is 44.7 Å². The van der Waals surface area contributed by atoms with Crippen LogP contribution in [-0.2, 0) is 14.6 Å². The minimum Gasteiger partial charge on any atom is -0.351 e. The maximum Gasteiger partial charge on any atom is 0.270 e. The van der Waals surface area contributed by atoms with Crippen LogP contribution in [0.2, 0.25) is 0 Å². The van der Waals surface area contributed by atoms with E-state index in [0.717, 1.165) is 17.3 Å².